The van der Waals surface area contributed by atoms with Crippen LogP contribution < -0.4 is 4.74 Å². The van der Waals surface area contributed by atoms with E-state index in [1.54, 1.807) is 24.3 Å². The van der Waals surface area contributed by atoms with Crippen LogP contribution in [0.4, 0.5) is 0 Å². The molecule has 0 aromatic heterocycles. The number of carboxylic acid groups (broad SMARTS) is 1. The average molecular weight is 248 g/mol. The number of carbonyl (C=O) groups is 2. The van der Waals surface area contributed by atoms with Crippen LogP contribution in [0.3, 0.4) is 0 Å². The van der Waals surface area contributed by atoms with Crippen molar-refractivity contribution in [3.63, 3.8) is 0 Å². The summed E-state index contributed by atoms with van der Waals surface area (Å²) in [5.74, 6) is -0.485. The fourth-order valence-corrected chi connectivity index (χ4v) is 1.31. The normalized spacial score (nSPS) is 9.83. The van der Waals surface area contributed by atoms with Crippen molar-refractivity contribution in [2.75, 3.05) is 6.61 Å². The van der Waals surface area contributed by atoms with Crippen LogP contribution in [0.1, 0.15) is 30.1 Å². The maximum absolute atomic E-state index is 11.6. The Hall–Kier alpha value is -2.10. The van der Waals surface area contributed by atoms with Gasteiger partial charge in [-0.15, -0.1) is 0 Å². The topological polar surface area (TPSA) is 63.6 Å². The zero-order valence-electron chi connectivity index (χ0n) is 10.3. The molecule has 0 saturated carbocycles. The van der Waals surface area contributed by atoms with E-state index in [-0.39, 0.29) is 18.6 Å². The zero-order valence-corrected chi connectivity index (χ0v) is 10.3. The summed E-state index contributed by atoms with van der Waals surface area (Å²) in [6.45, 7) is 6.02. The monoisotopic (exact) mass is 248 g/mol. The third-order valence-electron chi connectivity index (χ3n) is 2.23. The van der Waals surface area contributed by atoms with Crippen LogP contribution in [0.15, 0.2) is 36.4 Å². The standard InChI is InChI=1S/C14H16O4/c1-10(2)9-18-12-5-3-11(4-6-12)13(15)7-8-14(16)17/h3-6H,1,7-9H2,2H3,(H,16,17). The molecule has 0 heterocycles. The van der Waals surface area contributed by atoms with Crippen LogP contribution in [0.5, 0.6) is 5.75 Å². The van der Waals surface area contributed by atoms with E-state index in [2.05, 4.69) is 6.58 Å². The van der Waals surface area contributed by atoms with E-state index in [0.717, 1.165) is 5.57 Å². The van der Waals surface area contributed by atoms with Crippen LogP contribution in [0, 0.1) is 0 Å². The lowest BCUT2D eigenvalue weighted by atomic mass is 10.1. The minimum atomic E-state index is -0.968. The Labute approximate surface area is 106 Å². The maximum atomic E-state index is 11.6. The fourth-order valence-electron chi connectivity index (χ4n) is 1.31. The minimum absolute atomic E-state index is 0.0152. The summed E-state index contributed by atoms with van der Waals surface area (Å²) in [6, 6.07) is 6.66. The Morgan fingerprint density at radius 2 is 1.83 bits per heavy atom. The number of hydrogen-bond donors (Lipinski definition) is 1. The predicted molar refractivity (Wildman–Crippen MR) is 68.0 cm³/mol. The van der Waals surface area contributed by atoms with Gasteiger partial charge in [-0.3, -0.25) is 9.59 Å². The highest BCUT2D eigenvalue weighted by atomic mass is 16.5. The average Bonchev–Trinajstić information content (AvgIpc) is 2.34. The highest BCUT2D eigenvalue weighted by Gasteiger charge is 2.08. The Kier molecular flexibility index (Phi) is 5.11. The number of aliphatic carboxylic acids is 1. The molecule has 1 N–H and O–H groups in total. The highest BCUT2D eigenvalue weighted by molar-refractivity contribution is 5.97. The smallest absolute Gasteiger partial charge is 0.303 e. The molecular weight excluding hydrogens is 232 g/mol. The van der Waals surface area contributed by atoms with Gasteiger partial charge in [0.05, 0.1) is 6.42 Å². The molecule has 1 aromatic rings. The first kappa shape index (κ1) is 14.0. The molecule has 4 nitrogen and oxygen atoms in total. The van der Waals surface area contributed by atoms with Gasteiger partial charge in [-0.1, -0.05) is 6.58 Å². The number of ketones is 1. The van der Waals surface area contributed by atoms with Crippen molar-refractivity contribution in [3.05, 3.63) is 42.0 Å². The lowest BCUT2D eigenvalue weighted by Crippen LogP contribution is -2.04. The van der Waals surface area contributed by atoms with Crippen molar-refractivity contribution < 1.29 is 19.4 Å². The number of benzene rings is 1. The molecule has 0 fully saturated rings. The Morgan fingerprint density at radius 1 is 1.22 bits per heavy atom. The summed E-state index contributed by atoms with van der Waals surface area (Å²) >= 11 is 0. The number of ether oxygens (including phenoxy) is 1. The molecule has 0 unspecified atom stereocenters. The summed E-state index contributed by atoms with van der Waals surface area (Å²) < 4.78 is 5.40. The molecule has 96 valence electrons. The third-order valence-corrected chi connectivity index (χ3v) is 2.23. The molecule has 4 heteroatoms. The van der Waals surface area contributed by atoms with Crippen LogP contribution >= 0.6 is 0 Å². The van der Waals surface area contributed by atoms with Crippen molar-refractivity contribution in [2.24, 2.45) is 0 Å². The quantitative estimate of drug-likeness (QED) is 0.595. The van der Waals surface area contributed by atoms with Crippen molar-refractivity contribution in [3.8, 4) is 5.75 Å². The highest BCUT2D eigenvalue weighted by Crippen LogP contribution is 2.14. The number of carbonyl (C=O) groups excluding carboxylic acids is 1. The molecule has 0 aliphatic carbocycles. The summed E-state index contributed by atoms with van der Waals surface area (Å²) in [5, 5.41) is 8.49. The van der Waals surface area contributed by atoms with Crippen LogP contribution in [0.25, 0.3) is 0 Å². The Bertz CT molecular complexity index is 445. The second-order valence-corrected chi connectivity index (χ2v) is 4.09. The van der Waals surface area contributed by atoms with Crippen molar-refractivity contribution in [1.82, 2.24) is 0 Å². The van der Waals surface area contributed by atoms with E-state index < -0.39 is 5.97 Å². The Balaban J connectivity index is 2.56. The molecular formula is C14H16O4. The maximum Gasteiger partial charge on any atom is 0.303 e. The first-order valence-corrected chi connectivity index (χ1v) is 5.61. The van der Waals surface area contributed by atoms with E-state index in [1.807, 2.05) is 6.92 Å². The van der Waals surface area contributed by atoms with Crippen LogP contribution in [-0.2, 0) is 4.79 Å². The van der Waals surface area contributed by atoms with Crippen LogP contribution in [0.2, 0.25) is 0 Å². The van der Waals surface area contributed by atoms with Gasteiger partial charge < -0.3 is 9.84 Å². The predicted octanol–water partition coefficient (Wildman–Crippen LogP) is 2.69. The van der Waals surface area contributed by atoms with Gasteiger partial charge in [-0.05, 0) is 36.8 Å². The van der Waals surface area contributed by atoms with Gasteiger partial charge in [0.15, 0.2) is 5.78 Å². The van der Waals surface area contributed by atoms with Gasteiger partial charge in [0.2, 0.25) is 0 Å². The van der Waals surface area contributed by atoms with Crippen molar-refractivity contribution in [1.29, 1.82) is 0 Å². The number of Topliss-reactive ketones (excluding diaryl/α,β-unsaturated/α-hetero) is 1. The fraction of sp³-hybridized carbons (Fsp3) is 0.286. The van der Waals surface area contributed by atoms with E-state index in [9.17, 15) is 9.59 Å². The van der Waals surface area contributed by atoms with Crippen molar-refractivity contribution >= 4 is 11.8 Å². The van der Waals surface area contributed by atoms with Gasteiger partial charge >= 0.3 is 5.97 Å². The molecule has 0 aliphatic heterocycles. The number of rotatable bonds is 7. The van der Waals surface area contributed by atoms with E-state index in [4.69, 9.17) is 9.84 Å². The van der Waals surface area contributed by atoms with Gasteiger partial charge in [-0.2, -0.15) is 0 Å². The molecule has 0 aliphatic rings. The molecule has 0 amide bonds. The molecule has 0 atom stereocenters. The molecule has 0 bridgehead atoms. The molecule has 0 spiro atoms. The largest absolute Gasteiger partial charge is 0.489 e. The lowest BCUT2D eigenvalue weighted by Gasteiger charge is -2.06. The molecule has 18 heavy (non-hydrogen) atoms. The second-order valence-electron chi connectivity index (χ2n) is 4.09. The summed E-state index contributed by atoms with van der Waals surface area (Å²) in [4.78, 5) is 22.0. The Morgan fingerprint density at radius 3 is 2.33 bits per heavy atom. The number of hydrogen-bond acceptors (Lipinski definition) is 3. The van der Waals surface area contributed by atoms with Gasteiger partial charge in [0.25, 0.3) is 0 Å². The SMILES string of the molecule is C=C(C)COc1ccc(C(=O)CCC(=O)O)cc1. The zero-order chi connectivity index (χ0) is 13.5. The third kappa shape index (κ3) is 4.82. The molecule has 1 rings (SSSR count). The van der Waals surface area contributed by atoms with Gasteiger partial charge in [-0.25, -0.2) is 0 Å². The first-order chi connectivity index (χ1) is 8.49. The minimum Gasteiger partial charge on any atom is -0.489 e. The summed E-state index contributed by atoms with van der Waals surface area (Å²) in [6.07, 6.45) is -0.131. The molecule has 0 radical (unpaired) electrons. The van der Waals surface area contributed by atoms with E-state index in [0.29, 0.717) is 17.9 Å². The molecule has 0 saturated heterocycles. The number of carboxylic acids is 1. The van der Waals surface area contributed by atoms with E-state index in [1.165, 1.54) is 0 Å². The second kappa shape index (κ2) is 6.59. The lowest BCUT2D eigenvalue weighted by molar-refractivity contribution is -0.136. The van der Waals surface area contributed by atoms with Crippen LogP contribution in [-0.4, -0.2) is 23.5 Å². The van der Waals surface area contributed by atoms with E-state index >= 15 is 0 Å². The first-order valence-electron chi connectivity index (χ1n) is 5.61. The molecule has 1 aromatic carbocycles. The van der Waals surface area contributed by atoms with Crippen molar-refractivity contribution in [2.45, 2.75) is 19.8 Å². The summed E-state index contributed by atoms with van der Waals surface area (Å²) in [7, 11) is 0. The van der Waals surface area contributed by atoms with Gasteiger partial charge in [0, 0.05) is 12.0 Å². The van der Waals surface area contributed by atoms with Gasteiger partial charge in [0.1, 0.15) is 12.4 Å². The summed E-state index contributed by atoms with van der Waals surface area (Å²) in [5.41, 5.74) is 1.41.